The van der Waals surface area contributed by atoms with Crippen LogP contribution in [0.3, 0.4) is 0 Å². The molecule has 0 bridgehead atoms. The lowest BCUT2D eigenvalue weighted by Crippen LogP contribution is -2.36. The summed E-state index contributed by atoms with van der Waals surface area (Å²) in [7, 11) is 1.97. The number of anilines is 1. The van der Waals surface area contributed by atoms with Crippen LogP contribution in [0, 0.1) is 5.82 Å². The molecular weight excluding hydrogens is 462 g/mol. The fraction of sp³-hybridized carbons (Fsp3) is 0.364. The van der Waals surface area contributed by atoms with Crippen molar-refractivity contribution in [2.24, 2.45) is 7.05 Å². The van der Waals surface area contributed by atoms with Gasteiger partial charge in [0.05, 0.1) is 23.7 Å². The van der Waals surface area contributed by atoms with Gasteiger partial charge in [-0.3, -0.25) is 0 Å². The van der Waals surface area contributed by atoms with E-state index in [-0.39, 0.29) is 36.0 Å². The molecule has 9 heteroatoms. The first-order valence-corrected chi connectivity index (χ1v) is 10.2. The molecule has 31 heavy (non-hydrogen) atoms. The van der Waals surface area contributed by atoms with Crippen LogP contribution in [-0.2, 0) is 17.2 Å². The Bertz CT molecular complexity index is 1050. The molecule has 3 aromatic rings. The molecule has 1 saturated carbocycles. The average Bonchev–Trinajstić information content (AvgIpc) is 3.46. The molecule has 0 spiro atoms. The molecule has 0 radical (unpaired) electrons. The third kappa shape index (κ3) is 4.27. The smallest absolute Gasteiger partial charge is 0.165 e. The van der Waals surface area contributed by atoms with Crippen LogP contribution in [-0.4, -0.2) is 41.1 Å². The molecule has 1 aliphatic heterocycles. The van der Waals surface area contributed by atoms with E-state index in [4.69, 9.17) is 16.3 Å². The quantitative estimate of drug-likeness (QED) is 0.519. The van der Waals surface area contributed by atoms with Crippen molar-refractivity contribution < 1.29 is 9.13 Å². The van der Waals surface area contributed by atoms with Crippen molar-refractivity contribution in [1.82, 2.24) is 14.8 Å². The standard InChI is InChI=1S/C22H22ClFN4O.2ClH/c1-27-20(18-7-6-17(14-19(18)23)28-10-12-29-13-11-28)25-26-21(27)22(8-9-22)15-2-4-16(24)5-3-15;;/h2-7,14H,8-13H2,1H3;2*1H. The first kappa shape index (κ1) is 23.8. The van der Waals surface area contributed by atoms with Crippen molar-refractivity contribution >= 4 is 42.1 Å². The van der Waals surface area contributed by atoms with Crippen molar-refractivity contribution in [3.63, 3.8) is 0 Å². The van der Waals surface area contributed by atoms with Crippen LogP contribution in [0.1, 0.15) is 24.2 Å². The summed E-state index contributed by atoms with van der Waals surface area (Å²) >= 11 is 6.65. The topological polar surface area (TPSA) is 43.2 Å². The van der Waals surface area contributed by atoms with Gasteiger partial charge in [-0.15, -0.1) is 35.0 Å². The SMILES string of the molecule is Cl.Cl.Cn1c(-c2ccc(N3CCOCC3)cc2Cl)nnc1C1(c2ccc(F)cc2)CC1. The molecule has 5 nitrogen and oxygen atoms in total. The van der Waals surface area contributed by atoms with Crippen molar-refractivity contribution in [2.75, 3.05) is 31.2 Å². The van der Waals surface area contributed by atoms with E-state index in [1.54, 1.807) is 0 Å². The van der Waals surface area contributed by atoms with Gasteiger partial charge in [-0.1, -0.05) is 23.7 Å². The Balaban J connectivity index is 0.00000136. The predicted molar refractivity (Wildman–Crippen MR) is 125 cm³/mol. The van der Waals surface area contributed by atoms with Crippen molar-refractivity contribution in [1.29, 1.82) is 0 Å². The van der Waals surface area contributed by atoms with Gasteiger partial charge in [-0.2, -0.15) is 0 Å². The Kier molecular flexibility index (Phi) is 7.16. The zero-order valence-electron chi connectivity index (χ0n) is 17.1. The molecular formula is C22H24Cl3FN4O. The van der Waals surface area contributed by atoms with Crippen LogP contribution in [0.15, 0.2) is 42.5 Å². The number of morpholine rings is 1. The van der Waals surface area contributed by atoms with Crippen LogP contribution in [0.25, 0.3) is 11.4 Å². The zero-order chi connectivity index (χ0) is 20.0. The number of benzene rings is 2. The molecule has 2 heterocycles. The number of rotatable bonds is 4. The fourth-order valence-electron chi connectivity index (χ4n) is 4.22. The largest absolute Gasteiger partial charge is 0.378 e. The van der Waals surface area contributed by atoms with Gasteiger partial charge in [0.1, 0.15) is 11.6 Å². The van der Waals surface area contributed by atoms with Gasteiger partial charge in [0, 0.05) is 31.4 Å². The minimum atomic E-state index is -0.227. The molecule has 2 aliphatic rings. The maximum absolute atomic E-state index is 13.4. The van der Waals surface area contributed by atoms with Crippen molar-refractivity contribution in [2.45, 2.75) is 18.3 Å². The summed E-state index contributed by atoms with van der Waals surface area (Å²) in [6.45, 7) is 3.20. The summed E-state index contributed by atoms with van der Waals surface area (Å²) in [5.74, 6) is 1.41. The van der Waals surface area contributed by atoms with E-state index in [0.717, 1.165) is 67.6 Å². The van der Waals surface area contributed by atoms with E-state index < -0.39 is 0 Å². The molecule has 2 fully saturated rings. The zero-order valence-corrected chi connectivity index (χ0v) is 19.4. The van der Waals surface area contributed by atoms with E-state index in [1.807, 2.05) is 35.9 Å². The second-order valence-corrected chi connectivity index (χ2v) is 8.17. The highest BCUT2D eigenvalue weighted by Crippen LogP contribution is 2.53. The van der Waals surface area contributed by atoms with E-state index in [1.165, 1.54) is 12.1 Å². The summed E-state index contributed by atoms with van der Waals surface area (Å²) in [6, 6.07) is 12.8. The Hall–Kier alpha value is -1.86. The number of ether oxygens (including phenoxy) is 1. The molecule has 1 saturated heterocycles. The maximum Gasteiger partial charge on any atom is 0.165 e. The van der Waals surface area contributed by atoms with Crippen LogP contribution < -0.4 is 4.90 Å². The highest BCUT2D eigenvalue weighted by molar-refractivity contribution is 6.33. The van der Waals surface area contributed by atoms with Crippen LogP contribution in [0.4, 0.5) is 10.1 Å². The van der Waals surface area contributed by atoms with Gasteiger partial charge in [0.25, 0.3) is 0 Å². The first-order chi connectivity index (χ1) is 14.1. The molecule has 0 amide bonds. The van der Waals surface area contributed by atoms with Gasteiger partial charge in [0.15, 0.2) is 5.82 Å². The Morgan fingerprint density at radius 3 is 2.29 bits per heavy atom. The number of hydrogen-bond acceptors (Lipinski definition) is 4. The number of hydrogen-bond donors (Lipinski definition) is 0. The molecule has 5 rings (SSSR count). The molecule has 1 aliphatic carbocycles. The number of halogens is 4. The lowest BCUT2D eigenvalue weighted by molar-refractivity contribution is 0.122. The summed E-state index contributed by atoms with van der Waals surface area (Å²) < 4.78 is 20.8. The highest BCUT2D eigenvalue weighted by atomic mass is 35.5. The minimum absolute atomic E-state index is 0. The van der Waals surface area contributed by atoms with E-state index in [0.29, 0.717) is 5.02 Å². The third-order valence-electron chi connectivity index (χ3n) is 6.02. The summed E-state index contributed by atoms with van der Waals surface area (Å²) in [6.07, 6.45) is 1.96. The van der Waals surface area contributed by atoms with Crippen LogP contribution >= 0.6 is 36.4 Å². The van der Waals surface area contributed by atoms with Crippen molar-refractivity contribution in [3.8, 4) is 11.4 Å². The second-order valence-electron chi connectivity index (χ2n) is 7.76. The second kappa shape index (κ2) is 9.33. The third-order valence-corrected chi connectivity index (χ3v) is 6.33. The monoisotopic (exact) mass is 484 g/mol. The predicted octanol–water partition coefficient (Wildman–Crippen LogP) is 5.03. The summed E-state index contributed by atoms with van der Waals surface area (Å²) in [4.78, 5) is 2.27. The maximum atomic E-state index is 13.4. The van der Waals surface area contributed by atoms with Gasteiger partial charge in [0.2, 0.25) is 0 Å². The van der Waals surface area contributed by atoms with Crippen LogP contribution in [0.5, 0.6) is 0 Å². The Morgan fingerprint density at radius 1 is 1.00 bits per heavy atom. The molecule has 0 atom stereocenters. The number of aromatic nitrogens is 3. The summed E-state index contributed by atoms with van der Waals surface area (Å²) in [5, 5.41) is 9.63. The molecule has 166 valence electrons. The Labute approximate surface area is 198 Å². The van der Waals surface area contributed by atoms with Crippen LogP contribution in [0.2, 0.25) is 5.02 Å². The minimum Gasteiger partial charge on any atom is -0.378 e. The summed E-state index contributed by atoms with van der Waals surface area (Å²) in [5.41, 5.74) is 2.84. The van der Waals surface area contributed by atoms with Gasteiger partial charge < -0.3 is 14.2 Å². The molecule has 2 aromatic carbocycles. The lowest BCUT2D eigenvalue weighted by atomic mass is 9.95. The molecule has 1 aromatic heterocycles. The van der Waals surface area contributed by atoms with E-state index >= 15 is 0 Å². The van der Waals surface area contributed by atoms with E-state index in [9.17, 15) is 4.39 Å². The number of nitrogens with zero attached hydrogens (tertiary/aromatic N) is 4. The van der Waals surface area contributed by atoms with Gasteiger partial charge >= 0.3 is 0 Å². The first-order valence-electron chi connectivity index (χ1n) is 9.87. The molecule has 0 unspecified atom stereocenters. The highest BCUT2D eigenvalue weighted by Gasteiger charge is 2.50. The Morgan fingerprint density at radius 2 is 1.68 bits per heavy atom. The average molecular weight is 486 g/mol. The van der Waals surface area contributed by atoms with E-state index in [2.05, 4.69) is 21.2 Å². The lowest BCUT2D eigenvalue weighted by Gasteiger charge is -2.29. The van der Waals surface area contributed by atoms with Gasteiger partial charge in [-0.05, 0) is 48.7 Å². The van der Waals surface area contributed by atoms with Gasteiger partial charge in [-0.25, -0.2) is 4.39 Å². The normalized spacial score (nSPS) is 16.9. The fourth-order valence-corrected chi connectivity index (χ4v) is 4.48. The van der Waals surface area contributed by atoms with Crippen molar-refractivity contribution in [3.05, 3.63) is 64.7 Å². The molecule has 0 N–H and O–H groups in total.